The van der Waals surface area contributed by atoms with Gasteiger partial charge in [-0.1, -0.05) is 18.2 Å². The molecule has 2 fully saturated rings. The number of benzene rings is 1. The number of nitrogens with one attached hydrogen (secondary N) is 1. The fraction of sp³-hybridized carbons (Fsp3) is 0.500. The highest BCUT2D eigenvalue weighted by Gasteiger charge is 2.30. The Morgan fingerprint density at radius 2 is 2.00 bits per heavy atom. The summed E-state index contributed by atoms with van der Waals surface area (Å²) >= 11 is 0. The smallest absolute Gasteiger partial charge is 0.317 e. The summed E-state index contributed by atoms with van der Waals surface area (Å²) < 4.78 is 7.28. The first-order chi connectivity index (χ1) is 13.3. The number of carbonyl (C=O) groups excluding carboxylic acids is 1. The third kappa shape index (κ3) is 4.48. The number of carbonyl (C=O) groups is 1. The van der Waals surface area contributed by atoms with E-state index in [1.165, 1.54) is 0 Å². The van der Waals surface area contributed by atoms with Crippen LogP contribution >= 0.6 is 0 Å². The van der Waals surface area contributed by atoms with Gasteiger partial charge in [0.05, 0.1) is 25.1 Å². The maximum atomic E-state index is 12.4. The highest BCUT2D eigenvalue weighted by Crippen LogP contribution is 2.17. The van der Waals surface area contributed by atoms with Crippen LogP contribution in [0.5, 0.6) is 0 Å². The first kappa shape index (κ1) is 18.0. The molecule has 2 aromatic rings. The molecular formula is C20H27N5O2. The Morgan fingerprint density at radius 3 is 2.81 bits per heavy atom. The Labute approximate surface area is 159 Å². The number of morpholine rings is 1. The second-order valence-electron chi connectivity index (χ2n) is 7.15. The van der Waals surface area contributed by atoms with Crippen molar-refractivity contribution in [3.8, 4) is 5.69 Å². The molecule has 7 heteroatoms. The number of hydrogen-bond acceptors (Lipinski definition) is 4. The number of para-hydroxylation sites is 1. The Morgan fingerprint density at radius 1 is 1.19 bits per heavy atom. The number of likely N-dealkylation sites (tertiary alicyclic amines) is 1. The van der Waals surface area contributed by atoms with E-state index in [0.29, 0.717) is 12.6 Å². The van der Waals surface area contributed by atoms with Crippen molar-refractivity contribution in [2.24, 2.45) is 0 Å². The number of hydrogen-bond donors (Lipinski definition) is 1. The van der Waals surface area contributed by atoms with Gasteiger partial charge in [0.25, 0.3) is 0 Å². The Balaban J connectivity index is 1.21. The number of rotatable bonds is 5. The van der Waals surface area contributed by atoms with Crippen LogP contribution in [0.1, 0.15) is 12.0 Å². The van der Waals surface area contributed by atoms with Crippen molar-refractivity contribution in [1.82, 2.24) is 24.9 Å². The number of urea groups is 1. The second kappa shape index (κ2) is 8.54. The minimum atomic E-state index is 0.0428. The van der Waals surface area contributed by atoms with E-state index >= 15 is 0 Å². The van der Waals surface area contributed by atoms with Gasteiger partial charge in [-0.15, -0.1) is 0 Å². The van der Waals surface area contributed by atoms with Gasteiger partial charge in [0.1, 0.15) is 0 Å². The van der Waals surface area contributed by atoms with Crippen molar-refractivity contribution in [2.75, 3.05) is 45.9 Å². The van der Waals surface area contributed by atoms with Gasteiger partial charge in [-0.3, -0.25) is 4.90 Å². The average molecular weight is 369 g/mol. The fourth-order valence-electron chi connectivity index (χ4n) is 3.80. The van der Waals surface area contributed by atoms with Gasteiger partial charge in [0.2, 0.25) is 0 Å². The van der Waals surface area contributed by atoms with Gasteiger partial charge in [-0.25, -0.2) is 9.48 Å². The van der Waals surface area contributed by atoms with Crippen molar-refractivity contribution in [2.45, 2.75) is 18.9 Å². The molecule has 0 saturated carbocycles. The lowest BCUT2D eigenvalue weighted by molar-refractivity contribution is 0.0191. The summed E-state index contributed by atoms with van der Waals surface area (Å²) in [5.41, 5.74) is 2.16. The summed E-state index contributed by atoms with van der Waals surface area (Å²) in [5.74, 6) is 0. The van der Waals surface area contributed by atoms with Gasteiger partial charge in [0, 0.05) is 45.0 Å². The fourth-order valence-corrected chi connectivity index (χ4v) is 3.80. The predicted molar refractivity (Wildman–Crippen MR) is 103 cm³/mol. The van der Waals surface area contributed by atoms with Gasteiger partial charge in [-0.05, 0) is 30.5 Å². The maximum Gasteiger partial charge on any atom is 0.317 e. The van der Waals surface area contributed by atoms with E-state index in [4.69, 9.17) is 4.74 Å². The molecule has 0 radical (unpaired) electrons. The van der Waals surface area contributed by atoms with Crippen molar-refractivity contribution in [3.63, 3.8) is 0 Å². The van der Waals surface area contributed by atoms with Crippen molar-refractivity contribution in [3.05, 3.63) is 48.3 Å². The summed E-state index contributed by atoms with van der Waals surface area (Å²) in [7, 11) is 0. The summed E-state index contributed by atoms with van der Waals surface area (Å²) in [4.78, 5) is 16.8. The lowest BCUT2D eigenvalue weighted by Crippen LogP contribution is -2.46. The highest BCUT2D eigenvalue weighted by molar-refractivity contribution is 5.74. The van der Waals surface area contributed by atoms with Gasteiger partial charge in [0.15, 0.2) is 0 Å². The van der Waals surface area contributed by atoms with E-state index in [1.54, 1.807) is 0 Å². The van der Waals surface area contributed by atoms with E-state index in [9.17, 15) is 4.79 Å². The van der Waals surface area contributed by atoms with Crippen LogP contribution in [-0.2, 0) is 11.2 Å². The van der Waals surface area contributed by atoms with Crippen molar-refractivity contribution >= 4 is 6.03 Å². The van der Waals surface area contributed by atoms with Gasteiger partial charge in [-0.2, -0.15) is 5.10 Å². The van der Waals surface area contributed by atoms with Crippen LogP contribution in [0.4, 0.5) is 4.79 Å². The molecule has 2 aliphatic rings. The van der Waals surface area contributed by atoms with Crippen molar-refractivity contribution in [1.29, 1.82) is 0 Å². The van der Waals surface area contributed by atoms with E-state index in [2.05, 4.69) is 15.3 Å². The van der Waals surface area contributed by atoms with E-state index < -0.39 is 0 Å². The zero-order valence-corrected chi connectivity index (χ0v) is 15.6. The van der Waals surface area contributed by atoms with Gasteiger partial charge >= 0.3 is 6.03 Å². The standard InChI is InChI=1S/C20H27N5O2/c26-20(24-9-7-19(16-24)23-10-12-27-13-11-23)21-8-6-17-14-22-25(15-17)18-4-2-1-3-5-18/h1-5,14-15,19H,6-13,16H2,(H,21,26). The number of aromatic nitrogens is 2. The Bertz CT molecular complexity index is 742. The molecule has 1 atom stereocenters. The molecule has 144 valence electrons. The quantitative estimate of drug-likeness (QED) is 0.868. The monoisotopic (exact) mass is 369 g/mol. The molecule has 4 rings (SSSR count). The SMILES string of the molecule is O=C(NCCc1cnn(-c2ccccc2)c1)N1CCC(N2CCOCC2)C1. The molecule has 0 aliphatic carbocycles. The van der Waals surface area contributed by atoms with Crippen LogP contribution in [0.15, 0.2) is 42.7 Å². The van der Waals surface area contributed by atoms with Crippen LogP contribution in [0.2, 0.25) is 0 Å². The molecule has 2 aliphatic heterocycles. The molecule has 1 unspecified atom stereocenters. The minimum Gasteiger partial charge on any atom is -0.379 e. The third-order valence-electron chi connectivity index (χ3n) is 5.36. The number of amides is 2. The molecule has 1 aromatic heterocycles. The Hall–Kier alpha value is -2.38. The van der Waals surface area contributed by atoms with Gasteiger partial charge < -0.3 is 15.0 Å². The molecule has 7 nitrogen and oxygen atoms in total. The van der Waals surface area contributed by atoms with Crippen LogP contribution < -0.4 is 5.32 Å². The summed E-state index contributed by atoms with van der Waals surface area (Å²) in [6, 6.07) is 10.6. The molecule has 3 heterocycles. The molecule has 27 heavy (non-hydrogen) atoms. The second-order valence-corrected chi connectivity index (χ2v) is 7.15. The average Bonchev–Trinajstić information content (AvgIpc) is 3.39. The largest absolute Gasteiger partial charge is 0.379 e. The van der Waals surface area contributed by atoms with Crippen LogP contribution in [0, 0.1) is 0 Å². The Kier molecular flexibility index (Phi) is 5.69. The first-order valence-electron chi connectivity index (χ1n) is 9.73. The minimum absolute atomic E-state index is 0.0428. The highest BCUT2D eigenvalue weighted by atomic mass is 16.5. The third-order valence-corrected chi connectivity index (χ3v) is 5.36. The molecule has 2 amide bonds. The molecule has 1 N–H and O–H groups in total. The lowest BCUT2D eigenvalue weighted by atomic mass is 10.2. The van der Waals surface area contributed by atoms with Crippen LogP contribution in [0.25, 0.3) is 5.69 Å². The maximum absolute atomic E-state index is 12.4. The predicted octanol–water partition coefficient (Wildman–Crippen LogP) is 1.53. The molecular weight excluding hydrogens is 342 g/mol. The molecule has 0 bridgehead atoms. The molecule has 1 aromatic carbocycles. The lowest BCUT2D eigenvalue weighted by Gasteiger charge is -2.32. The summed E-state index contributed by atoms with van der Waals surface area (Å²) in [6.45, 7) is 5.84. The first-order valence-corrected chi connectivity index (χ1v) is 9.73. The van der Waals surface area contributed by atoms with E-state index in [0.717, 1.165) is 63.5 Å². The van der Waals surface area contributed by atoms with E-state index in [1.807, 2.05) is 52.3 Å². The van der Waals surface area contributed by atoms with Crippen LogP contribution in [-0.4, -0.2) is 77.6 Å². The summed E-state index contributed by atoms with van der Waals surface area (Å²) in [5, 5.41) is 7.45. The number of nitrogens with zero attached hydrogens (tertiary/aromatic N) is 4. The summed E-state index contributed by atoms with van der Waals surface area (Å²) in [6.07, 6.45) is 5.71. The van der Waals surface area contributed by atoms with E-state index in [-0.39, 0.29) is 6.03 Å². The topological polar surface area (TPSA) is 62.6 Å². The zero-order chi connectivity index (χ0) is 18.5. The normalized spacial score (nSPS) is 20.7. The number of ether oxygens (including phenoxy) is 1. The van der Waals surface area contributed by atoms with Crippen LogP contribution in [0.3, 0.4) is 0 Å². The zero-order valence-electron chi connectivity index (χ0n) is 15.6. The van der Waals surface area contributed by atoms with Crippen molar-refractivity contribution < 1.29 is 9.53 Å². The molecule has 0 spiro atoms. The molecule has 2 saturated heterocycles.